The molecule has 114 valence electrons. The van der Waals surface area contributed by atoms with Crippen LogP contribution in [-0.2, 0) is 0 Å². The molecule has 0 amide bonds. The second kappa shape index (κ2) is 7.72. The number of nitrogens with zero attached hydrogens (tertiary/aromatic N) is 1. The van der Waals surface area contributed by atoms with Crippen molar-refractivity contribution in [2.75, 3.05) is 6.54 Å². The quantitative estimate of drug-likeness (QED) is 0.683. The number of hydrogen-bond acceptors (Lipinski definition) is 4. The van der Waals surface area contributed by atoms with E-state index in [1.807, 2.05) is 20.0 Å². The normalized spacial score (nSPS) is 12.7. The number of ether oxygens (including phenoxy) is 1. The smallest absolute Gasteiger partial charge is 0.138 e. The molecule has 0 aromatic carbocycles. The minimum absolute atomic E-state index is 0.0927. The predicted octanol–water partition coefficient (Wildman–Crippen LogP) is 5.15. The predicted molar refractivity (Wildman–Crippen MR) is 95.2 cm³/mol. The number of thiophene rings is 1. The Labute approximate surface area is 146 Å². The number of halogens is 2. The van der Waals surface area contributed by atoms with Crippen LogP contribution >= 0.6 is 43.2 Å². The van der Waals surface area contributed by atoms with E-state index in [2.05, 4.69) is 61.2 Å². The van der Waals surface area contributed by atoms with Crippen LogP contribution in [-0.4, -0.2) is 17.6 Å². The number of nitrogens with one attached hydrogen (secondary N) is 1. The van der Waals surface area contributed by atoms with Crippen molar-refractivity contribution in [3.63, 3.8) is 0 Å². The summed E-state index contributed by atoms with van der Waals surface area (Å²) in [6.45, 7) is 7.01. The van der Waals surface area contributed by atoms with E-state index in [-0.39, 0.29) is 12.1 Å². The highest BCUT2D eigenvalue weighted by atomic mass is 79.9. The molecule has 0 aliphatic rings. The second-order valence-electron chi connectivity index (χ2n) is 4.89. The molecule has 2 aromatic heterocycles. The molecule has 0 aliphatic heterocycles. The lowest BCUT2D eigenvalue weighted by Crippen LogP contribution is -2.22. The SMILES string of the molecule is CCNC(c1cncc(OC(C)C)c1)c1cc(Br)sc1Br. The Balaban J connectivity index is 2.36. The zero-order chi connectivity index (χ0) is 15.4. The summed E-state index contributed by atoms with van der Waals surface area (Å²) in [5.41, 5.74) is 2.30. The van der Waals surface area contributed by atoms with E-state index < -0.39 is 0 Å². The first kappa shape index (κ1) is 16.9. The minimum Gasteiger partial charge on any atom is -0.489 e. The van der Waals surface area contributed by atoms with Crippen LogP contribution in [0.2, 0.25) is 0 Å². The van der Waals surface area contributed by atoms with Crippen LogP contribution in [0.5, 0.6) is 5.75 Å². The lowest BCUT2D eigenvalue weighted by atomic mass is 10.0. The summed E-state index contributed by atoms with van der Waals surface area (Å²) in [5.74, 6) is 0.802. The number of rotatable bonds is 6. The minimum atomic E-state index is 0.0927. The van der Waals surface area contributed by atoms with Gasteiger partial charge in [0.15, 0.2) is 0 Å². The molecule has 6 heteroatoms. The maximum absolute atomic E-state index is 5.75. The Kier molecular flexibility index (Phi) is 6.22. The van der Waals surface area contributed by atoms with Gasteiger partial charge in [-0.15, -0.1) is 11.3 Å². The van der Waals surface area contributed by atoms with E-state index in [9.17, 15) is 0 Å². The molecule has 0 spiro atoms. The Hall–Kier alpha value is -0.430. The molecular formula is C15H18Br2N2OS. The summed E-state index contributed by atoms with van der Waals surface area (Å²) in [5, 5.41) is 3.51. The highest BCUT2D eigenvalue weighted by Crippen LogP contribution is 2.38. The summed E-state index contributed by atoms with van der Waals surface area (Å²) in [6, 6.07) is 4.28. The zero-order valence-corrected chi connectivity index (χ0v) is 16.2. The van der Waals surface area contributed by atoms with E-state index >= 15 is 0 Å². The van der Waals surface area contributed by atoms with Gasteiger partial charge in [0.05, 0.1) is 25.9 Å². The maximum Gasteiger partial charge on any atom is 0.138 e. The van der Waals surface area contributed by atoms with Gasteiger partial charge in [-0.2, -0.15) is 0 Å². The van der Waals surface area contributed by atoms with Crippen LogP contribution in [0.4, 0.5) is 0 Å². The van der Waals surface area contributed by atoms with E-state index in [0.717, 1.165) is 25.4 Å². The Morgan fingerprint density at radius 1 is 1.29 bits per heavy atom. The number of pyridine rings is 1. The van der Waals surface area contributed by atoms with Crippen molar-refractivity contribution in [3.8, 4) is 5.75 Å². The largest absolute Gasteiger partial charge is 0.489 e. The van der Waals surface area contributed by atoms with E-state index in [1.54, 1.807) is 17.5 Å². The molecule has 0 saturated heterocycles. The van der Waals surface area contributed by atoms with Gasteiger partial charge in [0.25, 0.3) is 0 Å². The van der Waals surface area contributed by atoms with E-state index in [0.29, 0.717) is 0 Å². The molecular weight excluding hydrogens is 416 g/mol. The lowest BCUT2D eigenvalue weighted by molar-refractivity contribution is 0.241. The number of aromatic nitrogens is 1. The molecule has 0 radical (unpaired) electrons. The van der Waals surface area contributed by atoms with Gasteiger partial charge in [0.2, 0.25) is 0 Å². The topological polar surface area (TPSA) is 34.2 Å². The fraction of sp³-hybridized carbons (Fsp3) is 0.400. The van der Waals surface area contributed by atoms with E-state index in [1.165, 1.54) is 5.56 Å². The Morgan fingerprint density at radius 3 is 2.62 bits per heavy atom. The van der Waals surface area contributed by atoms with Crippen molar-refractivity contribution in [2.24, 2.45) is 0 Å². The molecule has 0 bridgehead atoms. The van der Waals surface area contributed by atoms with Gasteiger partial charge in [-0.1, -0.05) is 6.92 Å². The molecule has 2 aromatic rings. The molecule has 2 heterocycles. The maximum atomic E-state index is 5.75. The molecule has 0 fully saturated rings. The summed E-state index contributed by atoms with van der Waals surface area (Å²) < 4.78 is 7.97. The van der Waals surface area contributed by atoms with Crippen molar-refractivity contribution in [1.29, 1.82) is 0 Å². The molecule has 1 atom stereocenters. The fourth-order valence-corrected chi connectivity index (χ4v) is 4.99. The van der Waals surface area contributed by atoms with Crippen LogP contribution in [0.15, 0.2) is 32.1 Å². The monoisotopic (exact) mass is 432 g/mol. The molecule has 21 heavy (non-hydrogen) atoms. The molecule has 0 aliphatic carbocycles. The summed E-state index contributed by atoms with van der Waals surface area (Å²) in [7, 11) is 0. The van der Waals surface area contributed by atoms with Crippen LogP contribution < -0.4 is 10.1 Å². The third kappa shape index (κ3) is 4.52. The third-order valence-electron chi connectivity index (χ3n) is 2.84. The first-order valence-corrected chi connectivity index (χ1v) is 9.21. The van der Waals surface area contributed by atoms with Crippen LogP contribution in [0, 0.1) is 0 Å². The molecule has 3 nitrogen and oxygen atoms in total. The first-order valence-electron chi connectivity index (χ1n) is 6.81. The Morgan fingerprint density at radius 2 is 2.05 bits per heavy atom. The van der Waals surface area contributed by atoms with Gasteiger partial charge in [-0.3, -0.25) is 4.98 Å². The van der Waals surface area contributed by atoms with Gasteiger partial charge in [0, 0.05) is 6.20 Å². The summed E-state index contributed by atoms with van der Waals surface area (Å²) in [6.07, 6.45) is 3.78. The van der Waals surface area contributed by atoms with Crippen LogP contribution in [0.1, 0.15) is 37.9 Å². The van der Waals surface area contributed by atoms with Crippen LogP contribution in [0.25, 0.3) is 0 Å². The molecule has 2 rings (SSSR count). The van der Waals surface area contributed by atoms with Crippen molar-refractivity contribution >= 4 is 43.2 Å². The Bertz CT molecular complexity index is 601. The highest BCUT2D eigenvalue weighted by molar-refractivity contribution is 9.12. The van der Waals surface area contributed by atoms with Gasteiger partial charge >= 0.3 is 0 Å². The van der Waals surface area contributed by atoms with Crippen molar-refractivity contribution in [2.45, 2.75) is 32.9 Å². The molecule has 0 saturated carbocycles. The number of hydrogen-bond donors (Lipinski definition) is 1. The molecule has 1 N–H and O–H groups in total. The van der Waals surface area contributed by atoms with E-state index in [4.69, 9.17) is 4.74 Å². The average molecular weight is 434 g/mol. The lowest BCUT2D eigenvalue weighted by Gasteiger charge is -2.19. The first-order chi connectivity index (χ1) is 10.0. The third-order valence-corrected chi connectivity index (χ3v) is 5.23. The van der Waals surface area contributed by atoms with Gasteiger partial charge in [-0.05, 0) is 75.5 Å². The van der Waals surface area contributed by atoms with Crippen molar-refractivity contribution in [3.05, 3.63) is 43.2 Å². The highest BCUT2D eigenvalue weighted by Gasteiger charge is 2.19. The van der Waals surface area contributed by atoms with Crippen LogP contribution in [0.3, 0.4) is 0 Å². The molecule has 1 unspecified atom stereocenters. The zero-order valence-electron chi connectivity index (χ0n) is 12.2. The fourth-order valence-electron chi connectivity index (χ4n) is 2.09. The second-order valence-corrected chi connectivity index (χ2v) is 8.64. The summed E-state index contributed by atoms with van der Waals surface area (Å²) >= 11 is 8.86. The summed E-state index contributed by atoms with van der Waals surface area (Å²) in [4.78, 5) is 4.31. The standard InChI is InChI=1S/C15H18Br2N2OS/c1-4-19-14(12-6-13(16)21-15(12)17)10-5-11(8-18-7-10)20-9(2)3/h5-9,14,19H,4H2,1-3H3. The van der Waals surface area contributed by atoms with Gasteiger partial charge in [0.1, 0.15) is 5.75 Å². The van der Waals surface area contributed by atoms with Crippen molar-refractivity contribution < 1.29 is 4.74 Å². The average Bonchev–Trinajstić information content (AvgIpc) is 2.74. The van der Waals surface area contributed by atoms with Gasteiger partial charge in [-0.25, -0.2) is 0 Å². The van der Waals surface area contributed by atoms with Crippen molar-refractivity contribution in [1.82, 2.24) is 10.3 Å². The van der Waals surface area contributed by atoms with Gasteiger partial charge < -0.3 is 10.1 Å².